The Bertz CT molecular complexity index is 387. The Labute approximate surface area is 128 Å². The standard InChI is InChI=1S/C15H29ClN4/c1-12(2)10-17-7-6-13(3)15-14(16)11-18-20(15)9-8-19(4)5/h11-13,17H,6-10H2,1-5H3. The van der Waals surface area contributed by atoms with Gasteiger partial charge in [0.1, 0.15) is 0 Å². The topological polar surface area (TPSA) is 33.1 Å². The summed E-state index contributed by atoms with van der Waals surface area (Å²) in [4.78, 5) is 2.16. The van der Waals surface area contributed by atoms with Gasteiger partial charge in [-0.2, -0.15) is 5.10 Å². The van der Waals surface area contributed by atoms with Crippen molar-refractivity contribution in [3.8, 4) is 0 Å². The normalized spacial score (nSPS) is 13.4. The van der Waals surface area contributed by atoms with Crippen LogP contribution < -0.4 is 5.32 Å². The highest BCUT2D eigenvalue weighted by atomic mass is 35.5. The van der Waals surface area contributed by atoms with E-state index < -0.39 is 0 Å². The summed E-state index contributed by atoms with van der Waals surface area (Å²) in [6, 6.07) is 0. The lowest BCUT2D eigenvalue weighted by molar-refractivity contribution is 0.366. The molecular weight excluding hydrogens is 272 g/mol. The van der Waals surface area contributed by atoms with Crippen molar-refractivity contribution in [3.63, 3.8) is 0 Å². The molecule has 1 rings (SSSR count). The average Bonchev–Trinajstić information content (AvgIpc) is 2.73. The van der Waals surface area contributed by atoms with Gasteiger partial charge in [-0.05, 0) is 39.5 Å². The Morgan fingerprint density at radius 3 is 2.65 bits per heavy atom. The summed E-state index contributed by atoms with van der Waals surface area (Å²) >= 11 is 6.30. The number of nitrogens with one attached hydrogen (secondary N) is 1. The molecule has 4 nitrogen and oxygen atoms in total. The monoisotopic (exact) mass is 300 g/mol. The number of hydrogen-bond acceptors (Lipinski definition) is 3. The van der Waals surface area contributed by atoms with Crippen molar-refractivity contribution in [2.75, 3.05) is 33.7 Å². The predicted molar refractivity (Wildman–Crippen MR) is 86.5 cm³/mol. The van der Waals surface area contributed by atoms with Crippen LogP contribution in [0.4, 0.5) is 0 Å². The van der Waals surface area contributed by atoms with E-state index in [0.29, 0.717) is 11.8 Å². The molecule has 0 bridgehead atoms. The Morgan fingerprint density at radius 2 is 2.05 bits per heavy atom. The quantitative estimate of drug-likeness (QED) is 0.712. The van der Waals surface area contributed by atoms with E-state index in [2.05, 4.69) is 54.9 Å². The van der Waals surface area contributed by atoms with Gasteiger partial charge >= 0.3 is 0 Å². The van der Waals surface area contributed by atoms with Crippen molar-refractivity contribution in [2.24, 2.45) is 5.92 Å². The van der Waals surface area contributed by atoms with E-state index in [0.717, 1.165) is 37.6 Å². The zero-order valence-electron chi connectivity index (χ0n) is 13.5. The first kappa shape index (κ1) is 17.5. The second-order valence-electron chi connectivity index (χ2n) is 6.19. The third-order valence-corrected chi connectivity index (χ3v) is 3.66. The van der Waals surface area contributed by atoms with E-state index in [-0.39, 0.29) is 0 Å². The van der Waals surface area contributed by atoms with Crippen molar-refractivity contribution < 1.29 is 0 Å². The van der Waals surface area contributed by atoms with E-state index in [9.17, 15) is 0 Å². The molecule has 116 valence electrons. The first-order chi connectivity index (χ1) is 9.41. The largest absolute Gasteiger partial charge is 0.316 e. The molecule has 0 radical (unpaired) electrons. The summed E-state index contributed by atoms with van der Waals surface area (Å²) in [5, 5.41) is 8.68. The van der Waals surface area contributed by atoms with Crippen LogP contribution in [-0.2, 0) is 6.54 Å². The van der Waals surface area contributed by atoms with Gasteiger partial charge in [0.2, 0.25) is 0 Å². The van der Waals surface area contributed by atoms with Gasteiger partial charge in [-0.25, -0.2) is 0 Å². The minimum absolute atomic E-state index is 0.423. The van der Waals surface area contributed by atoms with E-state index in [1.54, 1.807) is 6.20 Å². The van der Waals surface area contributed by atoms with Gasteiger partial charge in [-0.15, -0.1) is 0 Å². The molecular formula is C15H29ClN4. The van der Waals surface area contributed by atoms with E-state index in [1.807, 2.05) is 0 Å². The summed E-state index contributed by atoms with van der Waals surface area (Å²) in [5.41, 5.74) is 1.17. The molecule has 5 heteroatoms. The van der Waals surface area contributed by atoms with Crippen LogP contribution in [0.2, 0.25) is 5.02 Å². The van der Waals surface area contributed by atoms with E-state index in [4.69, 9.17) is 11.6 Å². The molecule has 0 saturated heterocycles. The van der Waals surface area contributed by atoms with Crippen LogP contribution in [0.15, 0.2) is 6.20 Å². The number of aromatic nitrogens is 2. The van der Waals surface area contributed by atoms with Crippen LogP contribution in [-0.4, -0.2) is 48.4 Å². The number of likely N-dealkylation sites (N-methyl/N-ethyl adjacent to an activating group) is 1. The highest BCUT2D eigenvalue weighted by Crippen LogP contribution is 2.26. The summed E-state index contributed by atoms with van der Waals surface area (Å²) in [6.07, 6.45) is 2.85. The van der Waals surface area contributed by atoms with Crippen LogP contribution in [0.3, 0.4) is 0 Å². The van der Waals surface area contributed by atoms with E-state index in [1.165, 1.54) is 5.69 Å². The molecule has 0 spiro atoms. The molecule has 0 aliphatic rings. The van der Waals surface area contributed by atoms with Crippen LogP contribution in [0.1, 0.15) is 38.8 Å². The summed E-state index contributed by atoms with van der Waals surface area (Å²) < 4.78 is 2.05. The molecule has 0 aliphatic carbocycles. The molecule has 0 aromatic carbocycles. The van der Waals surface area contributed by atoms with Gasteiger partial charge in [-0.1, -0.05) is 32.4 Å². The first-order valence-electron chi connectivity index (χ1n) is 7.48. The van der Waals surface area contributed by atoms with Crippen molar-refractivity contribution in [3.05, 3.63) is 16.9 Å². The summed E-state index contributed by atoms with van der Waals surface area (Å²) in [7, 11) is 4.15. The molecule has 0 aliphatic heterocycles. The van der Waals surface area contributed by atoms with Crippen LogP contribution in [0, 0.1) is 5.92 Å². The molecule has 0 fully saturated rings. The van der Waals surface area contributed by atoms with Crippen molar-refractivity contribution in [1.29, 1.82) is 0 Å². The van der Waals surface area contributed by atoms with Crippen molar-refractivity contribution in [2.45, 2.75) is 39.7 Å². The molecule has 1 aromatic rings. The molecule has 0 amide bonds. The zero-order chi connectivity index (χ0) is 15.1. The SMILES string of the molecule is CC(C)CNCCC(C)c1c(Cl)cnn1CCN(C)C. The highest BCUT2D eigenvalue weighted by Gasteiger charge is 2.16. The molecule has 1 heterocycles. The second kappa shape index (κ2) is 8.65. The fourth-order valence-corrected chi connectivity index (χ4v) is 2.51. The lowest BCUT2D eigenvalue weighted by Gasteiger charge is -2.17. The predicted octanol–water partition coefficient (Wildman–Crippen LogP) is 2.84. The fraction of sp³-hybridized carbons (Fsp3) is 0.800. The molecule has 1 unspecified atom stereocenters. The maximum Gasteiger partial charge on any atom is 0.0820 e. The average molecular weight is 301 g/mol. The molecule has 1 N–H and O–H groups in total. The molecule has 0 saturated carbocycles. The Balaban J connectivity index is 2.53. The van der Waals surface area contributed by atoms with Gasteiger partial charge < -0.3 is 10.2 Å². The number of nitrogens with zero attached hydrogens (tertiary/aromatic N) is 3. The second-order valence-corrected chi connectivity index (χ2v) is 6.60. The van der Waals surface area contributed by atoms with Crippen LogP contribution in [0.5, 0.6) is 0 Å². The number of hydrogen-bond donors (Lipinski definition) is 1. The van der Waals surface area contributed by atoms with Gasteiger partial charge in [0.25, 0.3) is 0 Å². The summed E-state index contributed by atoms with van der Waals surface area (Å²) in [5.74, 6) is 1.12. The minimum Gasteiger partial charge on any atom is -0.316 e. The van der Waals surface area contributed by atoms with Gasteiger partial charge in [0, 0.05) is 12.5 Å². The Kier molecular flexibility index (Phi) is 7.56. The Hall–Kier alpha value is -0.580. The molecule has 1 atom stereocenters. The van der Waals surface area contributed by atoms with Gasteiger partial charge in [0.05, 0.1) is 23.5 Å². The third kappa shape index (κ3) is 5.81. The third-order valence-electron chi connectivity index (χ3n) is 3.37. The molecule has 1 aromatic heterocycles. The first-order valence-corrected chi connectivity index (χ1v) is 7.86. The van der Waals surface area contributed by atoms with E-state index >= 15 is 0 Å². The highest BCUT2D eigenvalue weighted by molar-refractivity contribution is 6.31. The lowest BCUT2D eigenvalue weighted by Crippen LogP contribution is -2.23. The van der Waals surface area contributed by atoms with Gasteiger partial charge in [0.15, 0.2) is 0 Å². The Morgan fingerprint density at radius 1 is 1.35 bits per heavy atom. The summed E-state index contributed by atoms with van der Waals surface area (Å²) in [6.45, 7) is 10.6. The number of halogens is 1. The van der Waals surface area contributed by atoms with Crippen molar-refractivity contribution in [1.82, 2.24) is 20.0 Å². The lowest BCUT2D eigenvalue weighted by atomic mass is 10.0. The van der Waals surface area contributed by atoms with Gasteiger partial charge in [-0.3, -0.25) is 4.68 Å². The van der Waals surface area contributed by atoms with Crippen LogP contribution in [0.25, 0.3) is 0 Å². The number of rotatable bonds is 9. The smallest absolute Gasteiger partial charge is 0.0820 e. The fourth-order valence-electron chi connectivity index (χ4n) is 2.18. The van der Waals surface area contributed by atoms with Crippen molar-refractivity contribution >= 4 is 11.6 Å². The zero-order valence-corrected chi connectivity index (χ0v) is 14.2. The van der Waals surface area contributed by atoms with Crippen LogP contribution >= 0.6 is 11.6 Å². The molecule has 20 heavy (non-hydrogen) atoms. The minimum atomic E-state index is 0.423. The maximum atomic E-state index is 6.30. The maximum absolute atomic E-state index is 6.30.